The molecule has 1 heterocycles. The number of sulfonamides is 1. The van der Waals surface area contributed by atoms with Gasteiger partial charge in [-0.3, -0.25) is 0 Å². The summed E-state index contributed by atoms with van der Waals surface area (Å²) in [5.74, 6) is 0.610. The Kier molecular flexibility index (Phi) is 4.28. The number of aryl methyl sites for hydroxylation is 1. The van der Waals surface area contributed by atoms with E-state index < -0.39 is 10.0 Å². The van der Waals surface area contributed by atoms with Crippen molar-refractivity contribution in [3.63, 3.8) is 0 Å². The Morgan fingerprint density at radius 3 is 2.79 bits per heavy atom. The molecule has 19 heavy (non-hydrogen) atoms. The second kappa shape index (κ2) is 5.77. The number of nitrogens with zero attached hydrogens (tertiary/aromatic N) is 2. The molecule has 2 aromatic rings. The molecule has 0 atom stereocenters. The number of nitrogens with one attached hydrogen (secondary N) is 1. The Bertz CT molecular complexity index is 689. The van der Waals surface area contributed by atoms with E-state index in [0.717, 1.165) is 0 Å². The maximum atomic E-state index is 12.1. The van der Waals surface area contributed by atoms with Gasteiger partial charge in [0.05, 0.1) is 17.1 Å². The molecular formula is C12H12BrN3O2S. The van der Waals surface area contributed by atoms with Crippen molar-refractivity contribution >= 4 is 26.0 Å². The second-order valence-corrected chi connectivity index (χ2v) is 6.56. The van der Waals surface area contributed by atoms with Crippen LogP contribution in [0, 0.1) is 6.92 Å². The van der Waals surface area contributed by atoms with Gasteiger partial charge in [-0.15, -0.1) is 0 Å². The lowest BCUT2D eigenvalue weighted by molar-refractivity contribution is 0.580. The van der Waals surface area contributed by atoms with E-state index in [9.17, 15) is 8.42 Å². The van der Waals surface area contributed by atoms with Gasteiger partial charge in [-0.1, -0.05) is 22.0 Å². The van der Waals surface area contributed by atoms with Gasteiger partial charge in [0.15, 0.2) is 0 Å². The highest BCUT2D eigenvalue weighted by atomic mass is 79.9. The summed E-state index contributed by atoms with van der Waals surface area (Å²) in [6, 6.07) is 8.21. The molecule has 0 radical (unpaired) electrons. The average molecular weight is 342 g/mol. The standard InChI is InChI=1S/C12H12BrN3O2S/c1-9-14-6-5-11(16-9)8-15-19(17,18)12-4-2-3-10(13)7-12/h2-7,15H,8H2,1H3. The van der Waals surface area contributed by atoms with Crippen LogP contribution in [0.25, 0.3) is 0 Å². The molecule has 0 fully saturated rings. The summed E-state index contributed by atoms with van der Waals surface area (Å²) in [6.45, 7) is 1.89. The van der Waals surface area contributed by atoms with Gasteiger partial charge < -0.3 is 0 Å². The molecule has 0 unspecified atom stereocenters. The van der Waals surface area contributed by atoms with E-state index in [0.29, 0.717) is 16.0 Å². The molecule has 1 aromatic carbocycles. The van der Waals surface area contributed by atoms with Crippen molar-refractivity contribution in [1.82, 2.24) is 14.7 Å². The third-order valence-corrected chi connectivity index (χ3v) is 4.28. The second-order valence-electron chi connectivity index (χ2n) is 3.88. The molecule has 0 spiro atoms. The van der Waals surface area contributed by atoms with Crippen molar-refractivity contribution in [3.05, 3.63) is 52.5 Å². The third kappa shape index (κ3) is 3.82. The van der Waals surface area contributed by atoms with Crippen LogP contribution in [0.2, 0.25) is 0 Å². The van der Waals surface area contributed by atoms with Crippen LogP contribution in [-0.4, -0.2) is 18.4 Å². The lowest BCUT2D eigenvalue weighted by Gasteiger charge is -2.07. The number of rotatable bonds is 4. The number of hydrogen-bond donors (Lipinski definition) is 1. The summed E-state index contributed by atoms with van der Waals surface area (Å²) in [7, 11) is -3.53. The van der Waals surface area contributed by atoms with Gasteiger partial charge in [0.25, 0.3) is 0 Å². The quantitative estimate of drug-likeness (QED) is 0.923. The van der Waals surface area contributed by atoms with Gasteiger partial charge in [0.2, 0.25) is 10.0 Å². The van der Waals surface area contributed by atoms with E-state index in [1.807, 2.05) is 0 Å². The molecule has 0 aliphatic rings. The minimum absolute atomic E-state index is 0.137. The first kappa shape index (κ1) is 14.1. The van der Waals surface area contributed by atoms with Crippen LogP contribution >= 0.6 is 15.9 Å². The molecule has 0 saturated heterocycles. The van der Waals surface area contributed by atoms with E-state index >= 15 is 0 Å². The maximum Gasteiger partial charge on any atom is 0.240 e. The zero-order valence-electron chi connectivity index (χ0n) is 10.2. The molecular weight excluding hydrogens is 330 g/mol. The largest absolute Gasteiger partial charge is 0.242 e. The minimum atomic E-state index is -3.53. The Morgan fingerprint density at radius 1 is 1.32 bits per heavy atom. The molecule has 0 aliphatic heterocycles. The van der Waals surface area contributed by atoms with E-state index in [-0.39, 0.29) is 11.4 Å². The summed E-state index contributed by atoms with van der Waals surface area (Å²) in [4.78, 5) is 8.32. The molecule has 0 saturated carbocycles. The van der Waals surface area contributed by atoms with E-state index in [2.05, 4.69) is 30.6 Å². The highest BCUT2D eigenvalue weighted by Gasteiger charge is 2.14. The Balaban J connectivity index is 2.14. The van der Waals surface area contributed by atoms with Gasteiger partial charge in [0.1, 0.15) is 5.82 Å². The summed E-state index contributed by atoms with van der Waals surface area (Å²) < 4.78 is 27.4. The topological polar surface area (TPSA) is 72.0 Å². The van der Waals surface area contributed by atoms with Crippen molar-refractivity contribution in [2.75, 3.05) is 0 Å². The van der Waals surface area contributed by atoms with Gasteiger partial charge in [-0.25, -0.2) is 23.1 Å². The predicted octanol–water partition coefficient (Wildman–Crippen LogP) is 2.03. The Morgan fingerprint density at radius 2 is 2.11 bits per heavy atom. The maximum absolute atomic E-state index is 12.1. The third-order valence-electron chi connectivity index (χ3n) is 2.38. The van der Waals surface area contributed by atoms with Gasteiger partial charge >= 0.3 is 0 Å². The van der Waals surface area contributed by atoms with Gasteiger partial charge in [-0.05, 0) is 31.2 Å². The zero-order valence-corrected chi connectivity index (χ0v) is 12.6. The summed E-state index contributed by atoms with van der Waals surface area (Å²) >= 11 is 3.25. The first-order chi connectivity index (χ1) is 8.97. The van der Waals surface area contributed by atoms with Crippen LogP contribution in [0.15, 0.2) is 45.9 Å². The van der Waals surface area contributed by atoms with Crippen molar-refractivity contribution < 1.29 is 8.42 Å². The summed E-state index contributed by atoms with van der Waals surface area (Å²) in [5, 5.41) is 0. The first-order valence-corrected chi connectivity index (χ1v) is 7.79. The number of hydrogen-bond acceptors (Lipinski definition) is 4. The van der Waals surface area contributed by atoms with E-state index in [1.54, 1.807) is 43.5 Å². The fourth-order valence-electron chi connectivity index (χ4n) is 1.49. The fourth-order valence-corrected chi connectivity index (χ4v) is 3.09. The molecule has 0 amide bonds. The molecule has 5 nitrogen and oxygen atoms in total. The van der Waals surface area contributed by atoms with E-state index in [1.165, 1.54) is 0 Å². The Labute approximate surface area is 120 Å². The van der Waals surface area contributed by atoms with Crippen LogP contribution in [0.4, 0.5) is 0 Å². The van der Waals surface area contributed by atoms with Crippen molar-refractivity contribution in [1.29, 1.82) is 0 Å². The van der Waals surface area contributed by atoms with Crippen molar-refractivity contribution in [2.45, 2.75) is 18.4 Å². The van der Waals surface area contributed by atoms with E-state index in [4.69, 9.17) is 0 Å². The van der Waals surface area contributed by atoms with Crippen LogP contribution in [0.1, 0.15) is 11.5 Å². The number of benzene rings is 1. The SMILES string of the molecule is Cc1nccc(CNS(=O)(=O)c2cccc(Br)c2)n1. The normalized spacial score (nSPS) is 11.5. The fraction of sp³-hybridized carbons (Fsp3) is 0.167. The molecule has 1 aromatic heterocycles. The molecule has 100 valence electrons. The highest BCUT2D eigenvalue weighted by molar-refractivity contribution is 9.10. The number of aromatic nitrogens is 2. The van der Waals surface area contributed by atoms with Crippen LogP contribution < -0.4 is 4.72 Å². The lowest BCUT2D eigenvalue weighted by Crippen LogP contribution is -2.23. The van der Waals surface area contributed by atoms with Crippen molar-refractivity contribution in [2.24, 2.45) is 0 Å². The molecule has 1 N–H and O–H groups in total. The lowest BCUT2D eigenvalue weighted by atomic mass is 10.4. The molecule has 2 rings (SSSR count). The Hall–Kier alpha value is -1.31. The molecule has 0 bridgehead atoms. The van der Waals surface area contributed by atoms with Crippen LogP contribution in [0.5, 0.6) is 0 Å². The average Bonchev–Trinajstić information content (AvgIpc) is 2.37. The monoisotopic (exact) mass is 341 g/mol. The van der Waals surface area contributed by atoms with Crippen LogP contribution in [-0.2, 0) is 16.6 Å². The van der Waals surface area contributed by atoms with Crippen LogP contribution in [0.3, 0.4) is 0 Å². The summed E-state index contributed by atoms with van der Waals surface area (Å²) in [6.07, 6.45) is 1.60. The van der Waals surface area contributed by atoms with Gasteiger partial charge in [0, 0.05) is 10.7 Å². The molecule has 7 heteroatoms. The zero-order chi connectivity index (χ0) is 13.9. The van der Waals surface area contributed by atoms with Crippen molar-refractivity contribution in [3.8, 4) is 0 Å². The highest BCUT2D eigenvalue weighted by Crippen LogP contribution is 2.16. The predicted molar refractivity (Wildman–Crippen MR) is 74.9 cm³/mol. The summed E-state index contributed by atoms with van der Waals surface area (Å²) in [5.41, 5.74) is 0.631. The minimum Gasteiger partial charge on any atom is -0.242 e. The smallest absolute Gasteiger partial charge is 0.240 e. The van der Waals surface area contributed by atoms with Gasteiger partial charge in [-0.2, -0.15) is 0 Å². The first-order valence-electron chi connectivity index (χ1n) is 5.51. The molecule has 0 aliphatic carbocycles. The number of halogens is 1.